The van der Waals surface area contributed by atoms with Crippen LogP contribution in [0.1, 0.15) is 18.7 Å². The van der Waals surface area contributed by atoms with E-state index >= 15 is 0 Å². The molecule has 0 saturated carbocycles. The van der Waals surface area contributed by atoms with Gasteiger partial charge in [0.2, 0.25) is 0 Å². The zero-order chi connectivity index (χ0) is 17.8. The monoisotopic (exact) mass is 340 g/mol. The lowest BCUT2D eigenvalue weighted by atomic mass is 10.2. The predicted octanol–water partition coefficient (Wildman–Crippen LogP) is 1.08. The second kappa shape index (κ2) is 6.95. The fourth-order valence-electron chi connectivity index (χ4n) is 2.28. The Balaban J connectivity index is 1.79. The Morgan fingerprint density at radius 3 is 2.80 bits per heavy atom. The number of nitrogens with one attached hydrogen (secondary N) is 1. The average Bonchev–Trinajstić information content (AvgIpc) is 3.09. The Hall–Kier alpha value is -3.49. The molecule has 0 amide bonds. The highest BCUT2D eigenvalue weighted by Gasteiger charge is 2.14. The molecule has 0 radical (unpaired) electrons. The highest BCUT2D eigenvalue weighted by Crippen LogP contribution is 2.15. The van der Waals surface area contributed by atoms with Crippen LogP contribution in [0.5, 0.6) is 0 Å². The van der Waals surface area contributed by atoms with E-state index in [1.807, 2.05) is 37.3 Å². The molecule has 0 saturated heterocycles. The number of aromatic nitrogens is 5. The van der Waals surface area contributed by atoms with Crippen molar-refractivity contribution < 1.29 is 9.90 Å². The molecular weight excluding hydrogens is 324 g/mol. The minimum Gasteiger partial charge on any atom is -0.480 e. The van der Waals surface area contributed by atoms with Crippen molar-refractivity contribution >= 4 is 11.8 Å². The number of nitrogens with zero attached hydrogens (tertiary/aromatic N) is 5. The third-order valence-electron chi connectivity index (χ3n) is 3.55. The maximum absolute atomic E-state index is 12.2. The summed E-state index contributed by atoms with van der Waals surface area (Å²) in [6, 6.07) is 9.18. The van der Waals surface area contributed by atoms with Gasteiger partial charge in [-0.2, -0.15) is 0 Å². The summed E-state index contributed by atoms with van der Waals surface area (Å²) in [6.45, 7) is 1.39. The fourth-order valence-corrected chi connectivity index (χ4v) is 2.28. The number of carboxylic acid groups (broad SMARTS) is 1. The molecule has 2 N–H and O–H groups in total. The van der Waals surface area contributed by atoms with E-state index in [0.29, 0.717) is 5.69 Å². The van der Waals surface area contributed by atoms with E-state index in [9.17, 15) is 9.59 Å². The first-order chi connectivity index (χ1) is 12.0. The van der Waals surface area contributed by atoms with Crippen LogP contribution < -0.4 is 10.9 Å². The smallest absolute Gasteiger partial charge is 0.323 e. The van der Waals surface area contributed by atoms with Crippen LogP contribution in [-0.2, 0) is 11.3 Å². The molecule has 0 bridgehead atoms. The Morgan fingerprint density at radius 2 is 2.08 bits per heavy atom. The van der Waals surface area contributed by atoms with Crippen molar-refractivity contribution in [1.29, 1.82) is 0 Å². The molecular formula is C16H16N6O3. The minimum absolute atomic E-state index is 0.0607. The lowest BCUT2D eigenvalue weighted by Crippen LogP contribution is -2.27. The summed E-state index contributed by atoms with van der Waals surface area (Å²) in [6.07, 6.45) is 4.46. The van der Waals surface area contributed by atoms with Gasteiger partial charge in [0.15, 0.2) is 5.82 Å². The van der Waals surface area contributed by atoms with Crippen LogP contribution >= 0.6 is 0 Å². The number of hydrogen-bond acceptors (Lipinski definition) is 6. The number of carboxylic acids is 1. The Morgan fingerprint density at radius 1 is 1.32 bits per heavy atom. The summed E-state index contributed by atoms with van der Waals surface area (Å²) in [5.74, 6) is -1.04. The number of para-hydroxylation sites is 1. The van der Waals surface area contributed by atoms with Gasteiger partial charge in [0.1, 0.15) is 12.2 Å². The SMILES string of the molecule is CC(Nc1nccn(CC(=O)O)c1=O)c1cn(-c2ccccc2)nn1. The topological polar surface area (TPSA) is 115 Å². The number of rotatable bonds is 6. The molecule has 0 aliphatic heterocycles. The molecule has 0 aliphatic rings. The van der Waals surface area contributed by atoms with Gasteiger partial charge in [-0.3, -0.25) is 14.2 Å². The summed E-state index contributed by atoms with van der Waals surface area (Å²) in [5.41, 5.74) is 0.987. The Bertz CT molecular complexity index is 934. The van der Waals surface area contributed by atoms with Gasteiger partial charge < -0.3 is 10.4 Å². The van der Waals surface area contributed by atoms with Crippen molar-refractivity contribution in [2.45, 2.75) is 19.5 Å². The van der Waals surface area contributed by atoms with Gasteiger partial charge in [-0.15, -0.1) is 5.10 Å². The third kappa shape index (κ3) is 3.71. The quantitative estimate of drug-likeness (QED) is 0.690. The summed E-state index contributed by atoms with van der Waals surface area (Å²) in [4.78, 5) is 27.0. The Kier molecular flexibility index (Phi) is 4.55. The molecule has 1 aromatic carbocycles. The highest BCUT2D eigenvalue weighted by atomic mass is 16.4. The van der Waals surface area contributed by atoms with Gasteiger partial charge in [0.25, 0.3) is 5.56 Å². The molecule has 0 spiro atoms. The fraction of sp³-hybridized carbons (Fsp3) is 0.188. The molecule has 1 atom stereocenters. The van der Waals surface area contributed by atoms with Gasteiger partial charge in [0, 0.05) is 12.4 Å². The van der Waals surface area contributed by atoms with Gasteiger partial charge in [-0.1, -0.05) is 23.4 Å². The molecule has 2 aromatic heterocycles. The first-order valence-electron chi connectivity index (χ1n) is 7.56. The summed E-state index contributed by atoms with van der Waals surface area (Å²) in [7, 11) is 0. The van der Waals surface area contributed by atoms with E-state index in [2.05, 4.69) is 20.6 Å². The normalized spacial score (nSPS) is 11.9. The summed E-state index contributed by atoms with van der Waals surface area (Å²) in [5, 5.41) is 20.0. The molecule has 9 nitrogen and oxygen atoms in total. The summed E-state index contributed by atoms with van der Waals surface area (Å²) < 4.78 is 2.71. The van der Waals surface area contributed by atoms with E-state index in [0.717, 1.165) is 10.3 Å². The average molecular weight is 340 g/mol. The molecule has 0 fully saturated rings. The van der Waals surface area contributed by atoms with E-state index in [1.165, 1.54) is 12.4 Å². The van der Waals surface area contributed by atoms with E-state index in [1.54, 1.807) is 10.9 Å². The van der Waals surface area contributed by atoms with Gasteiger partial charge >= 0.3 is 5.97 Å². The number of anilines is 1. The standard InChI is InChI=1S/C16H16N6O3/c1-11(13-9-22(20-19-13)12-5-3-2-4-6-12)18-15-16(25)21(8-7-17-15)10-14(23)24/h2-9,11H,10H2,1H3,(H,17,18)(H,23,24). The number of carbonyl (C=O) groups is 1. The highest BCUT2D eigenvalue weighted by molar-refractivity contribution is 5.66. The van der Waals surface area contributed by atoms with Gasteiger partial charge in [-0.25, -0.2) is 9.67 Å². The number of benzene rings is 1. The summed E-state index contributed by atoms with van der Waals surface area (Å²) >= 11 is 0. The Labute approximate surface area is 142 Å². The van der Waals surface area contributed by atoms with Crippen LogP contribution in [0.25, 0.3) is 5.69 Å². The second-order valence-electron chi connectivity index (χ2n) is 5.39. The van der Waals surface area contributed by atoms with Crippen LogP contribution in [-0.4, -0.2) is 35.6 Å². The maximum atomic E-state index is 12.2. The first-order valence-corrected chi connectivity index (χ1v) is 7.56. The van der Waals surface area contributed by atoms with Crippen molar-refractivity contribution in [2.24, 2.45) is 0 Å². The second-order valence-corrected chi connectivity index (χ2v) is 5.39. The predicted molar refractivity (Wildman–Crippen MR) is 89.5 cm³/mol. The molecule has 1 unspecified atom stereocenters. The third-order valence-corrected chi connectivity index (χ3v) is 3.55. The minimum atomic E-state index is -1.10. The van der Waals surface area contributed by atoms with Crippen molar-refractivity contribution in [2.75, 3.05) is 5.32 Å². The lowest BCUT2D eigenvalue weighted by molar-refractivity contribution is -0.137. The first kappa shape index (κ1) is 16.4. The van der Waals surface area contributed by atoms with Crippen molar-refractivity contribution in [3.63, 3.8) is 0 Å². The van der Waals surface area contributed by atoms with Crippen LogP contribution in [0.2, 0.25) is 0 Å². The molecule has 3 rings (SSSR count). The van der Waals surface area contributed by atoms with Crippen molar-refractivity contribution in [3.05, 3.63) is 65.0 Å². The van der Waals surface area contributed by atoms with Crippen molar-refractivity contribution in [3.8, 4) is 5.69 Å². The number of hydrogen-bond donors (Lipinski definition) is 2. The molecule has 2 heterocycles. The molecule has 9 heteroatoms. The van der Waals surface area contributed by atoms with E-state index < -0.39 is 18.1 Å². The zero-order valence-corrected chi connectivity index (χ0v) is 13.4. The van der Waals surface area contributed by atoms with E-state index in [4.69, 9.17) is 5.11 Å². The van der Waals surface area contributed by atoms with Crippen LogP contribution in [0.15, 0.2) is 53.7 Å². The van der Waals surface area contributed by atoms with E-state index in [-0.39, 0.29) is 11.9 Å². The molecule has 0 aliphatic carbocycles. The maximum Gasteiger partial charge on any atom is 0.323 e. The number of aliphatic carboxylic acids is 1. The molecule has 128 valence electrons. The zero-order valence-electron chi connectivity index (χ0n) is 13.4. The molecule has 25 heavy (non-hydrogen) atoms. The van der Waals surface area contributed by atoms with Crippen LogP contribution in [0.3, 0.4) is 0 Å². The van der Waals surface area contributed by atoms with Crippen molar-refractivity contribution in [1.82, 2.24) is 24.5 Å². The largest absolute Gasteiger partial charge is 0.480 e. The lowest BCUT2D eigenvalue weighted by Gasteiger charge is -2.12. The van der Waals surface area contributed by atoms with Crippen LogP contribution in [0, 0.1) is 0 Å². The molecule has 3 aromatic rings. The van der Waals surface area contributed by atoms with Crippen LogP contribution in [0.4, 0.5) is 5.82 Å². The van der Waals surface area contributed by atoms with Gasteiger partial charge in [0.05, 0.1) is 17.9 Å². The van der Waals surface area contributed by atoms with Gasteiger partial charge in [-0.05, 0) is 19.1 Å².